The molecule has 2 aromatic rings. The number of nitro groups is 1. The number of anilines is 4. The molecule has 110 valence electrons. The van der Waals surface area contributed by atoms with Gasteiger partial charge in [0.25, 0.3) is 0 Å². The van der Waals surface area contributed by atoms with Gasteiger partial charge >= 0.3 is 5.69 Å². The van der Waals surface area contributed by atoms with Gasteiger partial charge in [-0.15, -0.1) is 0 Å². The van der Waals surface area contributed by atoms with Gasteiger partial charge in [0.15, 0.2) is 0 Å². The molecule has 1 aromatic carbocycles. The van der Waals surface area contributed by atoms with Crippen molar-refractivity contribution in [3.05, 3.63) is 40.6 Å². The molecule has 8 heteroatoms. The van der Waals surface area contributed by atoms with Gasteiger partial charge in [-0.3, -0.25) is 10.1 Å². The first kappa shape index (κ1) is 14.5. The van der Waals surface area contributed by atoms with Crippen LogP contribution in [0.1, 0.15) is 0 Å². The van der Waals surface area contributed by atoms with Gasteiger partial charge < -0.3 is 15.5 Å². The molecule has 1 aromatic heterocycles. The standard InChI is InChI=1S/C13H16N6O2/c1-14-12-11(19(20)21)8-15-13(17-12)16-9-4-6-10(7-5-9)18(2)3/h4-8H,1-3H3,(H2,14,15,16,17). The van der Waals surface area contributed by atoms with Crippen molar-refractivity contribution >= 4 is 28.8 Å². The van der Waals surface area contributed by atoms with E-state index in [0.717, 1.165) is 11.4 Å². The highest BCUT2D eigenvalue weighted by atomic mass is 16.6. The lowest BCUT2D eigenvalue weighted by atomic mass is 10.2. The van der Waals surface area contributed by atoms with E-state index < -0.39 is 4.92 Å². The summed E-state index contributed by atoms with van der Waals surface area (Å²) in [6, 6.07) is 7.68. The summed E-state index contributed by atoms with van der Waals surface area (Å²) < 4.78 is 0. The van der Waals surface area contributed by atoms with Gasteiger partial charge in [-0.2, -0.15) is 4.98 Å². The molecule has 0 saturated heterocycles. The number of aromatic nitrogens is 2. The minimum atomic E-state index is -0.526. The summed E-state index contributed by atoms with van der Waals surface area (Å²) in [4.78, 5) is 20.3. The Labute approximate surface area is 122 Å². The highest BCUT2D eigenvalue weighted by molar-refractivity contribution is 5.62. The third kappa shape index (κ3) is 3.35. The van der Waals surface area contributed by atoms with Crippen molar-refractivity contribution in [2.24, 2.45) is 0 Å². The number of hydrogen-bond acceptors (Lipinski definition) is 7. The Bertz CT molecular complexity index is 642. The average Bonchev–Trinajstić information content (AvgIpc) is 2.47. The SMILES string of the molecule is CNc1nc(Nc2ccc(N(C)C)cc2)ncc1[N+](=O)[O-]. The van der Waals surface area contributed by atoms with Crippen LogP contribution in [0.3, 0.4) is 0 Å². The molecule has 0 fully saturated rings. The molecule has 0 atom stereocenters. The van der Waals surface area contributed by atoms with Gasteiger partial charge in [0.2, 0.25) is 11.8 Å². The highest BCUT2D eigenvalue weighted by Crippen LogP contribution is 2.23. The van der Waals surface area contributed by atoms with Crippen molar-refractivity contribution in [1.82, 2.24) is 9.97 Å². The van der Waals surface area contributed by atoms with Crippen LogP contribution < -0.4 is 15.5 Å². The topological polar surface area (TPSA) is 96.2 Å². The van der Waals surface area contributed by atoms with Crippen LogP contribution in [0.25, 0.3) is 0 Å². The molecular formula is C13H16N6O2. The van der Waals surface area contributed by atoms with Gasteiger partial charge in [0, 0.05) is 32.5 Å². The van der Waals surface area contributed by atoms with Crippen molar-refractivity contribution in [2.45, 2.75) is 0 Å². The molecular weight excluding hydrogens is 272 g/mol. The van der Waals surface area contributed by atoms with Crippen LogP contribution in [0.2, 0.25) is 0 Å². The van der Waals surface area contributed by atoms with Gasteiger partial charge in [-0.05, 0) is 24.3 Å². The number of rotatable bonds is 5. The average molecular weight is 288 g/mol. The number of benzene rings is 1. The van der Waals surface area contributed by atoms with Crippen LogP contribution in [-0.4, -0.2) is 36.0 Å². The fraction of sp³-hybridized carbons (Fsp3) is 0.231. The number of nitrogens with zero attached hydrogens (tertiary/aromatic N) is 4. The van der Waals surface area contributed by atoms with Gasteiger partial charge in [0.05, 0.1) is 4.92 Å². The van der Waals surface area contributed by atoms with Crippen molar-refractivity contribution in [3.8, 4) is 0 Å². The maximum atomic E-state index is 10.8. The first-order chi connectivity index (χ1) is 10.0. The summed E-state index contributed by atoms with van der Waals surface area (Å²) in [5.74, 6) is 0.463. The molecule has 1 heterocycles. The van der Waals surface area contributed by atoms with Crippen molar-refractivity contribution in [2.75, 3.05) is 36.7 Å². The molecule has 0 radical (unpaired) electrons. The normalized spacial score (nSPS) is 10.0. The van der Waals surface area contributed by atoms with E-state index in [0.29, 0.717) is 5.95 Å². The predicted molar refractivity (Wildman–Crippen MR) is 82.3 cm³/mol. The smallest absolute Gasteiger partial charge is 0.329 e. The van der Waals surface area contributed by atoms with Gasteiger partial charge in [-0.1, -0.05) is 0 Å². The third-order valence-electron chi connectivity index (χ3n) is 2.84. The van der Waals surface area contributed by atoms with Crippen LogP contribution in [0, 0.1) is 10.1 Å². The van der Waals surface area contributed by atoms with Crippen LogP contribution in [0.15, 0.2) is 30.5 Å². The second kappa shape index (κ2) is 6.04. The first-order valence-electron chi connectivity index (χ1n) is 6.25. The number of hydrogen-bond donors (Lipinski definition) is 2. The molecule has 0 aliphatic carbocycles. The lowest BCUT2D eigenvalue weighted by Crippen LogP contribution is -2.08. The maximum absolute atomic E-state index is 10.8. The van der Waals surface area contributed by atoms with E-state index in [1.807, 2.05) is 43.3 Å². The summed E-state index contributed by atoms with van der Waals surface area (Å²) in [6.07, 6.45) is 1.18. The fourth-order valence-electron chi connectivity index (χ4n) is 1.73. The second-order valence-corrected chi connectivity index (χ2v) is 4.50. The van der Waals surface area contributed by atoms with Crippen LogP contribution in [-0.2, 0) is 0 Å². The van der Waals surface area contributed by atoms with Crippen LogP contribution in [0.5, 0.6) is 0 Å². The fourth-order valence-corrected chi connectivity index (χ4v) is 1.73. The molecule has 0 aliphatic rings. The Morgan fingerprint density at radius 1 is 1.24 bits per heavy atom. The molecule has 0 unspecified atom stereocenters. The third-order valence-corrected chi connectivity index (χ3v) is 2.84. The van der Waals surface area contributed by atoms with Crippen molar-refractivity contribution in [1.29, 1.82) is 0 Å². The minimum Gasteiger partial charge on any atom is -0.378 e. The largest absolute Gasteiger partial charge is 0.378 e. The zero-order valence-electron chi connectivity index (χ0n) is 12.0. The van der Waals surface area contributed by atoms with Gasteiger partial charge in [-0.25, -0.2) is 4.98 Å². The lowest BCUT2D eigenvalue weighted by molar-refractivity contribution is -0.384. The maximum Gasteiger partial charge on any atom is 0.329 e. The van der Waals surface area contributed by atoms with E-state index in [1.165, 1.54) is 6.20 Å². The molecule has 0 aliphatic heterocycles. The Hall–Kier alpha value is -2.90. The van der Waals surface area contributed by atoms with E-state index in [4.69, 9.17) is 0 Å². The summed E-state index contributed by atoms with van der Waals surface area (Å²) in [5.41, 5.74) is 1.71. The van der Waals surface area contributed by atoms with Crippen molar-refractivity contribution < 1.29 is 4.92 Å². The van der Waals surface area contributed by atoms with E-state index in [2.05, 4.69) is 20.6 Å². The minimum absolute atomic E-state index is 0.161. The van der Waals surface area contributed by atoms with Gasteiger partial charge in [0.1, 0.15) is 6.20 Å². The molecule has 0 spiro atoms. The van der Waals surface area contributed by atoms with E-state index >= 15 is 0 Å². The van der Waals surface area contributed by atoms with E-state index in [9.17, 15) is 10.1 Å². The second-order valence-electron chi connectivity index (χ2n) is 4.50. The highest BCUT2D eigenvalue weighted by Gasteiger charge is 2.15. The molecule has 0 bridgehead atoms. The molecule has 2 rings (SSSR count). The Kier molecular flexibility index (Phi) is 4.17. The summed E-state index contributed by atoms with van der Waals surface area (Å²) in [6.45, 7) is 0. The summed E-state index contributed by atoms with van der Waals surface area (Å²) in [7, 11) is 5.49. The molecule has 2 N–H and O–H groups in total. The molecule has 8 nitrogen and oxygen atoms in total. The van der Waals surface area contributed by atoms with Crippen LogP contribution >= 0.6 is 0 Å². The monoisotopic (exact) mass is 288 g/mol. The Balaban J connectivity index is 2.21. The van der Waals surface area contributed by atoms with E-state index in [-0.39, 0.29) is 11.5 Å². The van der Waals surface area contributed by atoms with Crippen LogP contribution in [0.4, 0.5) is 28.8 Å². The molecule has 0 saturated carbocycles. The Morgan fingerprint density at radius 3 is 2.43 bits per heavy atom. The Morgan fingerprint density at radius 2 is 1.90 bits per heavy atom. The first-order valence-corrected chi connectivity index (χ1v) is 6.25. The summed E-state index contributed by atoms with van der Waals surface area (Å²) in [5, 5.41) is 16.5. The molecule has 21 heavy (non-hydrogen) atoms. The number of nitrogens with one attached hydrogen (secondary N) is 2. The lowest BCUT2D eigenvalue weighted by Gasteiger charge is -2.13. The molecule has 0 amide bonds. The predicted octanol–water partition coefficient (Wildman–Crippen LogP) is 2.24. The van der Waals surface area contributed by atoms with Crippen molar-refractivity contribution in [3.63, 3.8) is 0 Å². The van der Waals surface area contributed by atoms with E-state index in [1.54, 1.807) is 7.05 Å². The quantitative estimate of drug-likeness (QED) is 0.643. The zero-order chi connectivity index (χ0) is 15.4. The zero-order valence-corrected chi connectivity index (χ0v) is 12.0. The summed E-state index contributed by atoms with van der Waals surface area (Å²) >= 11 is 0.